The Morgan fingerprint density at radius 1 is 0.952 bits per heavy atom. The Morgan fingerprint density at radius 2 is 1.57 bits per heavy atom. The molecule has 0 radical (unpaired) electrons. The molecule has 0 bridgehead atoms. The Bertz CT molecular complexity index is 583. The molecule has 21 heavy (non-hydrogen) atoms. The van der Waals surface area contributed by atoms with E-state index in [4.69, 9.17) is 0 Å². The van der Waals surface area contributed by atoms with E-state index in [2.05, 4.69) is 36.5 Å². The zero-order valence-corrected chi connectivity index (χ0v) is 12.3. The molecule has 1 aliphatic heterocycles. The summed E-state index contributed by atoms with van der Waals surface area (Å²) in [6.07, 6.45) is 2.26. The van der Waals surface area contributed by atoms with Crippen LogP contribution in [0.1, 0.15) is 29.5 Å². The Hall–Kier alpha value is -1.93. The van der Waals surface area contributed by atoms with Gasteiger partial charge in [-0.25, -0.2) is 4.39 Å². The summed E-state index contributed by atoms with van der Waals surface area (Å²) in [6.45, 7) is 4.09. The van der Waals surface area contributed by atoms with Gasteiger partial charge in [-0.2, -0.15) is 0 Å². The van der Waals surface area contributed by atoms with Crippen LogP contribution < -0.4 is 5.32 Å². The number of rotatable bonds is 2. The van der Waals surface area contributed by atoms with Crippen molar-refractivity contribution in [3.05, 3.63) is 76.6 Å². The molecule has 0 saturated carbocycles. The molecule has 1 fully saturated rings. The Labute approximate surface area is 125 Å². The van der Waals surface area contributed by atoms with Crippen molar-refractivity contribution >= 4 is 5.57 Å². The van der Waals surface area contributed by atoms with Gasteiger partial charge in [-0.05, 0) is 60.7 Å². The Morgan fingerprint density at radius 3 is 2.14 bits per heavy atom. The molecule has 0 aliphatic carbocycles. The second-order valence-corrected chi connectivity index (χ2v) is 5.63. The van der Waals surface area contributed by atoms with Crippen LogP contribution in [0.2, 0.25) is 0 Å². The summed E-state index contributed by atoms with van der Waals surface area (Å²) in [7, 11) is 0. The number of benzene rings is 2. The van der Waals surface area contributed by atoms with Crippen molar-refractivity contribution in [3.8, 4) is 0 Å². The van der Waals surface area contributed by atoms with Crippen LogP contribution in [0, 0.1) is 12.7 Å². The fourth-order valence-electron chi connectivity index (χ4n) is 2.88. The molecule has 3 rings (SSSR count). The minimum Gasteiger partial charge on any atom is -0.313 e. The molecule has 2 heteroatoms. The van der Waals surface area contributed by atoms with Crippen molar-refractivity contribution in [2.45, 2.75) is 19.8 Å². The molecular formula is C19H20FN. The van der Waals surface area contributed by atoms with Gasteiger partial charge in [-0.1, -0.05) is 42.0 Å². The summed E-state index contributed by atoms with van der Waals surface area (Å²) in [6, 6.07) is 15.4. The van der Waals surface area contributed by atoms with E-state index < -0.39 is 0 Å². The van der Waals surface area contributed by atoms with Crippen molar-refractivity contribution in [2.75, 3.05) is 13.1 Å². The molecule has 108 valence electrons. The van der Waals surface area contributed by atoms with Crippen molar-refractivity contribution in [1.29, 1.82) is 0 Å². The van der Waals surface area contributed by atoms with Gasteiger partial charge in [0.15, 0.2) is 0 Å². The summed E-state index contributed by atoms with van der Waals surface area (Å²) in [5.74, 6) is -0.186. The maximum Gasteiger partial charge on any atom is 0.123 e. The second kappa shape index (κ2) is 6.23. The van der Waals surface area contributed by atoms with Gasteiger partial charge in [-0.3, -0.25) is 0 Å². The van der Waals surface area contributed by atoms with E-state index in [0.717, 1.165) is 31.5 Å². The smallest absolute Gasteiger partial charge is 0.123 e. The molecule has 1 aliphatic rings. The topological polar surface area (TPSA) is 12.0 Å². The summed E-state index contributed by atoms with van der Waals surface area (Å²) < 4.78 is 13.2. The van der Waals surface area contributed by atoms with E-state index in [1.165, 1.54) is 22.3 Å². The minimum atomic E-state index is -0.186. The van der Waals surface area contributed by atoms with Gasteiger partial charge in [0.1, 0.15) is 5.82 Å². The highest BCUT2D eigenvalue weighted by molar-refractivity contribution is 5.82. The van der Waals surface area contributed by atoms with E-state index in [1.807, 2.05) is 12.1 Å². The largest absolute Gasteiger partial charge is 0.313 e. The van der Waals surface area contributed by atoms with Crippen molar-refractivity contribution in [3.63, 3.8) is 0 Å². The first-order chi connectivity index (χ1) is 10.2. The SMILES string of the molecule is Cc1ccc(/C(=C2\CCCNC2)c2ccc(F)cc2)cc1. The van der Waals surface area contributed by atoms with Crippen molar-refractivity contribution in [1.82, 2.24) is 5.32 Å². The number of hydrogen-bond acceptors (Lipinski definition) is 1. The van der Waals surface area contributed by atoms with Gasteiger partial charge < -0.3 is 5.32 Å². The number of aryl methyl sites for hydroxylation is 1. The van der Waals surface area contributed by atoms with Crippen LogP contribution in [0.15, 0.2) is 54.1 Å². The monoisotopic (exact) mass is 281 g/mol. The Kier molecular flexibility index (Phi) is 4.16. The summed E-state index contributed by atoms with van der Waals surface area (Å²) in [5.41, 5.74) is 6.23. The molecular weight excluding hydrogens is 261 g/mol. The van der Waals surface area contributed by atoms with Crippen LogP contribution in [-0.4, -0.2) is 13.1 Å². The molecule has 0 spiro atoms. The van der Waals surface area contributed by atoms with Gasteiger partial charge >= 0.3 is 0 Å². The third-order valence-corrected chi connectivity index (χ3v) is 4.00. The predicted octanol–water partition coefficient (Wildman–Crippen LogP) is 4.32. The van der Waals surface area contributed by atoms with Gasteiger partial charge in [0.25, 0.3) is 0 Å². The maximum absolute atomic E-state index is 13.2. The minimum absolute atomic E-state index is 0.186. The fourth-order valence-corrected chi connectivity index (χ4v) is 2.88. The van der Waals surface area contributed by atoms with Gasteiger partial charge in [0.05, 0.1) is 0 Å². The average Bonchev–Trinajstić information content (AvgIpc) is 2.52. The zero-order valence-electron chi connectivity index (χ0n) is 12.3. The van der Waals surface area contributed by atoms with E-state index in [0.29, 0.717) is 0 Å². The predicted molar refractivity (Wildman–Crippen MR) is 85.7 cm³/mol. The molecule has 1 nitrogen and oxygen atoms in total. The molecule has 1 N–H and O–H groups in total. The first-order valence-electron chi connectivity index (χ1n) is 7.50. The first-order valence-corrected chi connectivity index (χ1v) is 7.50. The maximum atomic E-state index is 13.2. The summed E-state index contributed by atoms with van der Waals surface area (Å²) >= 11 is 0. The molecule has 0 amide bonds. The third-order valence-electron chi connectivity index (χ3n) is 4.00. The van der Waals surface area contributed by atoms with Crippen LogP contribution in [0.3, 0.4) is 0 Å². The molecule has 1 heterocycles. The van der Waals surface area contributed by atoms with Crippen LogP contribution in [-0.2, 0) is 0 Å². The molecule has 2 aromatic carbocycles. The van der Waals surface area contributed by atoms with Crippen molar-refractivity contribution < 1.29 is 4.39 Å². The van der Waals surface area contributed by atoms with E-state index in [-0.39, 0.29) is 5.82 Å². The summed E-state index contributed by atoms with van der Waals surface area (Å²) in [4.78, 5) is 0. The molecule has 0 unspecified atom stereocenters. The highest BCUT2D eigenvalue weighted by Gasteiger charge is 2.14. The molecule has 2 aromatic rings. The van der Waals surface area contributed by atoms with E-state index in [1.54, 1.807) is 12.1 Å². The normalized spacial score (nSPS) is 17.6. The zero-order chi connectivity index (χ0) is 14.7. The molecule has 1 saturated heterocycles. The number of hydrogen-bond donors (Lipinski definition) is 1. The highest BCUT2D eigenvalue weighted by Crippen LogP contribution is 2.30. The molecule has 0 aromatic heterocycles. The van der Waals surface area contributed by atoms with Gasteiger partial charge in [0, 0.05) is 6.54 Å². The average molecular weight is 281 g/mol. The number of piperidine rings is 1. The Balaban J connectivity index is 2.10. The van der Waals surface area contributed by atoms with Crippen LogP contribution in [0.5, 0.6) is 0 Å². The molecule has 0 atom stereocenters. The number of nitrogens with one attached hydrogen (secondary N) is 1. The fraction of sp³-hybridized carbons (Fsp3) is 0.263. The lowest BCUT2D eigenvalue weighted by Gasteiger charge is -2.21. The third kappa shape index (κ3) is 3.22. The first kappa shape index (κ1) is 14.0. The standard InChI is InChI=1S/C19H20FN/c1-14-4-6-15(7-5-14)19(17-3-2-12-21-13-17)16-8-10-18(20)11-9-16/h4-11,21H,2-3,12-13H2,1H3/b19-17-. The lowest BCUT2D eigenvalue weighted by Crippen LogP contribution is -2.24. The quantitative estimate of drug-likeness (QED) is 0.864. The van der Waals surface area contributed by atoms with Gasteiger partial charge in [0.2, 0.25) is 0 Å². The van der Waals surface area contributed by atoms with Crippen LogP contribution in [0.25, 0.3) is 5.57 Å². The van der Waals surface area contributed by atoms with Crippen LogP contribution >= 0.6 is 0 Å². The summed E-state index contributed by atoms with van der Waals surface area (Å²) in [5, 5.41) is 3.45. The highest BCUT2D eigenvalue weighted by atomic mass is 19.1. The van der Waals surface area contributed by atoms with E-state index >= 15 is 0 Å². The lowest BCUT2D eigenvalue weighted by molar-refractivity contribution is 0.611. The van der Waals surface area contributed by atoms with Crippen LogP contribution in [0.4, 0.5) is 4.39 Å². The van der Waals surface area contributed by atoms with Gasteiger partial charge in [-0.15, -0.1) is 0 Å². The van der Waals surface area contributed by atoms with E-state index in [9.17, 15) is 4.39 Å². The number of halogens is 1. The van der Waals surface area contributed by atoms with Crippen molar-refractivity contribution in [2.24, 2.45) is 0 Å². The lowest BCUT2D eigenvalue weighted by atomic mass is 9.89. The second-order valence-electron chi connectivity index (χ2n) is 5.63.